The monoisotopic (exact) mass is 304 g/mol. The van der Waals surface area contributed by atoms with E-state index < -0.39 is 5.06 Å². The fraction of sp³-hybridized carbons (Fsp3) is 1.00. The van der Waals surface area contributed by atoms with Crippen molar-refractivity contribution in [3.63, 3.8) is 0 Å². The molecule has 0 saturated heterocycles. The summed E-state index contributed by atoms with van der Waals surface area (Å²) in [7, 11) is 0. The number of unbranched alkanes of at least 4 members (excludes halogenated alkanes) is 11. The minimum Gasteiger partial charge on any atom is -0.375 e. The Bertz CT molecular complexity index is 198. The normalized spacial score (nSPS) is 16.1. The summed E-state index contributed by atoms with van der Waals surface area (Å²) < 4.78 is 0. The van der Waals surface area contributed by atoms with E-state index in [-0.39, 0.29) is 5.92 Å². The molecule has 2 atom stereocenters. The van der Waals surface area contributed by atoms with E-state index in [1.54, 1.807) is 6.92 Å². The molecule has 2 heteroatoms. The Balaban J connectivity index is 3.14. The van der Waals surface area contributed by atoms with Crippen molar-refractivity contribution in [1.82, 2.24) is 0 Å². The second-order valence-electron chi connectivity index (χ2n) is 6.60. The number of aliphatic hydroxyl groups is 1. The molecule has 0 heterocycles. The van der Waals surface area contributed by atoms with Crippen LogP contribution in [0.15, 0.2) is 0 Å². The van der Waals surface area contributed by atoms with Gasteiger partial charge in [0.25, 0.3) is 0 Å². The van der Waals surface area contributed by atoms with E-state index in [4.69, 9.17) is 11.6 Å². The van der Waals surface area contributed by atoms with Crippen LogP contribution in [0, 0.1) is 5.92 Å². The van der Waals surface area contributed by atoms with E-state index in [0.717, 1.165) is 6.42 Å². The highest BCUT2D eigenvalue weighted by molar-refractivity contribution is 6.22. The molecule has 0 radical (unpaired) electrons. The molecule has 0 spiro atoms. The smallest absolute Gasteiger partial charge is 0.138 e. The highest BCUT2D eigenvalue weighted by atomic mass is 35.5. The van der Waals surface area contributed by atoms with Crippen molar-refractivity contribution in [2.75, 3.05) is 0 Å². The Kier molecular flexibility index (Phi) is 13.1. The first-order valence-corrected chi connectivity index (χ1v) is 9.27. The van der Waals surface area contributed by atoms with Crippen molar-refractivity contribution in [3.05, 3.63) is 0 Å². The lowest BCUT2D eigenvalue weighted by Crippen LogP contribution is -2.25. The fourth-order valence-corrected chi connectivity index (χ4v) is 2.66. The van der Waals surface area contributed by atoms with Crippen LogP contribution >= 0.6 is 11.6 Å². The standard InChI is InChI=1S/C18H37ClO/c1-4-5-6-7-8-9-10-11-12-13-14-15-16-17(2)18(3,19)20/h17,20H,4-16H2,1-3H3. The van der Waals surface area contributed by atoms with Crippen LogP contribution in [0.1, 0.15) is 104 Å². The number of halogens is 1. The molecule has 0 aromatic rings. The van der Waals surface area contributed by atoms with Crippen molar-refractivity contribution in [2.24, 2.45) is 5.92 Å². The van der Waals surface area contributed by atoms with Crippen molar-refractivity contribution in [3.8, 4) is 0 Å². The van der Waals surface area contributed by atoms with Gasteiger partial charge in [0.2, 0.25) is 0 Å². The van der Waals surface area contributed by atoms with Gasteiger partial charge in [0.1, 0.15) is 5.06 Å². The van der Waals surface area contributed by atoms with Gasteiger partial charge < -0.3 is 5.11 Å². The van der Waals surface area contributed by atoms with E-state index in [1.807, 2.05) is 6.92 Å². The summed E-state index contributed by atoms with van der Waals surface area (Å²) in [6, 6.07) is 0. The van der Waals surface area contributed by atoms with Gasteiger partial charge in [-0.3, -0.25) is 0 Å². The van der Waals surface area contributed by atoms with E-state index >= 15 is 0 Å². The third-order valence-corrected chi connectivity index (χ3v) is 4.76. The van der Waals surface area contributed by atoms with Crippen LogP contribution in [0.5, 0.6) is 0 Å². The molecule has 2 unspecified atom stereocenters. The fourth-order valence-electron chi connectivity index (χ4n) is 2.55. The van der Waals surface area contributed by atoms with Crippen molar-refractivity contribution >= 4 is 11.6 Å². The first-order valence-electron chi connectivity index (χ1n) is 8.89. The van der Waals surface area contributed by atoms with Crippen LogP contribution in [-0.2, 0) is 0 Å². The maximum Gasteiger partial charge on any atom is 0.138 e. The summed E-state index contributed by atoms with van der Waals surface area (Å²) in [4.78, 5) is 0. The van der Waals surface area contributed by atoms with Crippen molar-refractivity contribution in [1.29, 1.82) is 0 Å². The van der Waals surface area contributed by atoms with Crippen LogP contribution in [0.25, 0.3) is 0 Å². The molecule has 0 aliphatic rings. The van der Waals surface area contributed by atoms with Gasteiger partial charge >= 0.3 is 0 Å². The lowest BCUT2D eigenvalue weighted by molar-refractivity contribution is 0.0844. The lowest BCUT2D eigenvalue weighted by Gasteiger charge is -2.23. The van der Waals surface area contributed by atoms with Gasteiger partial charge in [-0.05, 0) is 19.3 Å². The maximum atomic E-state index is 9.63. The SMILES string of the molecule is CCCCCCCCCCCCCCC(C)C(C)(O)Cl. The summed E-state index contributed by atoms with van der Waals surface area (Å²) >= 11 is 5.88. The minimum atomic E-state index is -1.03. The molecule has 0 saturated carbocycles. The molecule has 0 aliphatic carbocycles. The Labute approximate surface area is 132 Å². The molecule has 0 aliphatic heterocycles. The van der Waals surface area contributed by atoms with Crippen molar-refractivity contribution in [2.45, 2.75) is 109 Å². The van der Waals surface area contributed by atoms with Crippen LogP contribution in [0.3, 0.4) is 0 Å². The Hall–Kier alpha value is 0.250. The zero-order valence-corrected chi connectivity index (χ0v) is 14.9. The van der Waals surface area contributed by atoms with Gasteiger partial charge in [-0.1, -0.05) is 102 Å². The van der Waals surface area contributed by atoms with Gasteiger partial charge in [0.05, 0.1) is 0 Å². The molecule has 20 heavy (non-hydrogen) atoms. The molecule has 0 aromatic heterocycles. The first-order chi connectivity index (χ1) is 9.48. The third-order valence-electron chi connectivity index (χ3n) is 4.39. The second-order valence-corrected chi connectivity index (χ2v) is 7.37. The Morgan fingerprint density at radius 1 is 0.800 bits per heavy atom. The zero-order valence-electron chi connectivity index (χ0n) is 14.1. The summed E-state index contributed by atoms with van der Waals surface area (Å²) in [5.74, 6) is 0.187. The molecule has 0 fully saturated rings. The zero-order chi connectivity index (χ0) is 15.3. The molecule has 122 valence electrons. The van der Waals surface area contributed by atoms with Gasteiger partial charge in [-0.2, -0.15) is 0 Å². The van der Waals surface area contributed by atoms with Gasteiger partial charge in [0, 0.05) is 0 Å². The molecular weight excluding hydrogens is 268 g/mol. The summed E-state index contributed by atoms with van der Waals surface area (Å²) in [5.41, 5.74) is 0. The third kappa shape index (κ3) is 13.2. The van der Waals surface area contributed by atoms with Gasteiger partial charge in [0.15, 0.2) is 0 Å². The summed E-state index contributed by atoms with van der Waals surface area (Å²) in [5, 5.41) is 8.60. The van der Waals surface area contributed by atoms with Crippen LogP contribution in [-0.4, -0.2) is 10.2 Å². The maximum absolute atomic E-state index is 9.63. The molecule has 1 N–H and O–H groups in total. The first kappa shape index (κ1) is 20.2. The molecule has 0 aromatic carbocycles. The van der Waals surface area contributed by atoms with E-state index in [2.05, 4.69) is 6.92 Å². The second kappa shape index (κ2) is 13.0. The Morgan fingerprint density at radius 2 is 1.15 bits per heavy atom. The van der Waals surface area contributed by atoms with E-state index in [9.17, 15) is 5.11 Å². The Morgan fingerprint density at radius 3 is 1.50 bits per heavy atom. The van der Waals surface area contributed by atoms with Gasteiger partial charge in [-0.15, -0.1) is 0 Å². The molecule has 0 amide bonds. The average Bonchev–Trinajstić information content (AvgIpc) is 2.38. The highest BCUT2D eigenvalue weighted by Crippen LogP contribution is 2.26. The predicted molar refractivity (Wildman–Crippen MR) is 91.3 cm³/mol. The lowest BCUT2D eigenvalue weighted by atomic mass is 9.97. The van der Waals surface area contributed by atoms with Crippen LogP contribution in [0.4, 0.5) is 0 Å². The number of hydrogen-bond acceptors (Lipinski definition) is 1. The topological polar surface area (TPSA) is 20.2 Å². The number of alkyl halides is 1. The van der Waals surface area contributed by atoms with Crippen molar-refractivity contribution < 1.29 is 5.11 Å². The molecule has 0 bridgehead atoms. The number of rotatable bonds is 14. The average molecular weight is 305 g/mol. The van der Waals surface area contributed by atoms with E-state index in [1.165, 1.54) is 77.0 Å². The number of hydrogen-bond donors (Lipinski definition) is 1. The van der Waals surface area contributed by atoms with Gasteiger partial charge in [-0.25, -0.2) is 0 Å². The largest absolute Gasteiger partial charge is 0.375 e. The molecular formula is C18H37ClO. The minimum absolute atomic E-state index is 0.187. The molecule has 1 nitrogen and oxygen atoms in total. The van der Waals surface area contributed by atoms with Crippen LogP contribution < -0.4 is 0 Å². The highest BCUT2D eigenvalue weighted by Gasteiger charge is 2.23. The molecule has 0 rings (SSSR count). The van der Waals surface area contributed by atoms with E-state index in [0.29, 0.717) is 0 Å². The van der Waals surface area contributed by atoms with Crippen LogP contribution in [0.2, 0.25) is 0 Å². The quantitative estimate of drug-likeness (QED) is 0.281. The summed E-state index contributed by atoms with van der Waals surface area (Å²) in [6.07, 6.45) is 17.5. The summed E-state index contributed by atoms with van der Waals surface area (Å²) in [6.45, 7) is 6.00. The predicted octanol–water partition coefficient (Wildman–Crippen LogP) is 6.66.